The van der Waals surface area contributed by atoms with Crippen LogP contribution in [0.1, 0.15) is 12.0 Å². The Bertz CT molecular complexity index is 1300. The van der Waals surface area contributed by atoms with Crippen LogP contribution in [0.15, 0.2) is 47.5 Å². The molecule has 3 aromatic rings. The molecule has 1 atom stereocenters. The third kappa shape index (κ3) is 5.83. The van der Waals surface area contributed by atoms with Crippen molar-refractivity contribution >= 4 is 45.7 Å². The summed E-state index contributed by atoms with van der Waals surface area (Å²) in [6.45, 7) is 6.81. The quantitative estimate of drug-likeness (QED) is 0.506. The molecular formula is C26H29Cl2N5O3. The molecule has 190 valence electrons. The average Bonchev–Trinajstić information content (AvgIpc) is 3.40. The number of hydrogen-bond donors (Lipinski definition) is 1. The first-order valence-corrected chi connectivity index (χ1v) is 13.0. The summed E-state index contributed by atoms with van der Waals surface area (Å²) in [6.07, 6.45) is 2.58. The lowest BCUT2D eigenvalue weighted by atomic mass is 10.1. The molecule has 0 aliphatic carbocycles. The van der Waals surface area contributed by atoms with E-state index in [4.69, 9.17) is 27.9 Å². The standard InChI is InChI=1S/C26H29Cl2N5O3/c27-22-3-1-18(11-23(22)28)13-29-25(34)15-33-17-30-24-4-2-20(12-21(24)26(33)35)32-8-6-31(7-9-32)14-19-5-10-36-16-19/h1-4,11-12,17,19H,5-10,13-16H2,(H,29,34)/t19-/m1/s1. The minimum Gasteiger partial charge on any atom is -0.381 e. The SMILES string of the molecule is O=C(Cn1cnc2ccc(N3CCN(C[C@H]4CCOC4)CC3)cc2c1=O)NCc1ccc(Cl)c(Cl)c1. The van der Waals surface area contributed by atoms with Gasteiger partial charge < -0.3 is 15.0 Å². The Hall–Kier alpha value is -2.65. The van der Waals surface area contributed by atoms with Gasteiger partial charge in [-0.05, 0) is 48.2 Å². The van der Waals surface area contributed by atoms with E-state index < -0.39 is 0 Å². The van der Waals surface area contributed by atoms with Crippen molar-refractivity contribution in [1.82, 2.24) is 19.8 Å². The van der Waals surface area contributed by atoms with Crippen molar-refractivity contribution in [3.8, 4) is 0 Å². The van der Waals surface area contributed by atoms with Crippen molar-refractivity contribution in [1.29, 1.82) is 0 Å². The average molecular weight is 530 g/mol. The summed E-state index contributed by atoms with van der Waals surface area (Å²) < 4.78 is 6.85. The van der Waals surface area contributed by atoms with Crippen LogP contribution in [0.4, 0.5) is 5.69 Å². The van der Waals surface area contributed by atoms with Gasteiger partial charge in [0.2, 0.25) is 5.91 Å². The lowest BCUT2D eigenvalue weighted by Gasteiger charge is -2.37. The van der Waals surface area contributed by atoms with Crippen molar-refractivity contribution in [2.45, 2.75) is 19.5 Å². The van der Waals surface area contributed by atoms with E-state index in [2.05, 4.69) is 20.1 Å². The topological polar surface area (TPSA) is 79.7 Å². The van der Waals surface area contributed by atoms with E-state index >= 15 is 0 Å². The molecule has 0 unspecified atom stereocenters. The fourth-order valence-electron chi connectivity index (χ4n) is 4.80. The van der Waals surface area contributed by atoms with Gasteiger partial charge >= 0.3 is 0 Å². The summed E-state index contributed by atoms with van der Waals surface area (Å²) in [5.41, 5.74) is 2.22. The monoisotopic (exact) mass is 529 g/mol. The van der Waals surface area contributed by atoms with Gasteiger partial charge in [-0.2, -0.15) is 0 Å². The fraction of sp³-hybridized carbons (Fsp3) is 0.423. The maximum Gasteiger partial charge on any atom is 0.261 e. The minimum atomic E-state index is -0.288. The van der Waals surface area contributed by atoms with Gasteiger partial charge in [-0.15, -0.1) is 0 Å². The minimum absolute atomic E-state index is 0.114. The van der Waals surface area contributed by atoms with E-state index in [9.17, 15) is 9.59 Å². The van der Waals surface area contributed by atoms with E-state index in [1.54, 1.807) is 18.2 Å². The Kier molecular flexibility index (Phi) is 7.76. The summed E-state index contributed by atoms with van der Waals surface area (Å²) >= 11 is 12.0. The lowest BCUT2D eigenvalue weighted by molar-refractivity contribution is -0.121. The van der Waals surface area contributed by atoms with Crippen molar-refractivity contribution < 1.29 is 9.53 Å². The van der Waals surface area contributed by atoms with Crippen LogP contribution in [-0.4, -0.2) is 66.3 Å². The van der Waals surface area contributed by atoms with Gasteiger partial charge in [0.15, 0.2) is 0 Å². The van der Waals surface area contributed by atoms with E-state index in [1.807, 2.05) is 18.2 Å². The van der Waals surface area contributed by atoms with Crippen LogP contribution < -0.4 is 15.8 Å². The van der Waals surface area contributed by atoms with E-state index in [-0.39, 0.29) is 24.6 Å². The van der Waals surface area contributed by atoms with Crippen LogP contribution >= 0.6 is 23.2 Å². The highest BCUT2D eigenvalue weighted by molar-refractivity contribution is 6.42. The number of nitrogens with one attached hydrogen (secondary N) is 1. The molecule has 36 heavy (non-hydrogen) atoms. The maximum absolute atomic E-state index is 13.2. The zero-order valence-corrected chi connectivity index (χ0v) is 21.5. The van der Waals surface area contributed by atoms with E-state index in [1.165, 1.54) is 10.9 Å². The molecular weight excluding hydrogens is 501 g/mol. The number of rotatable bonds is 7. The first kappa shape index (κ1) is 25.0. The van der Waals surface area contributed by atoms with Gasteiger partial charge in [0, 0.05) is 51.6 Å². The molecule has 1 amide bonds. The molecule has 0 radical (unpaired) electrons. The second kappa shape index (κ2) is 11.2. The molecule has 2 aromatic carbocycles. The number of halogens is 2. The lowest BCUT2D eigenvalue weighted by Crippen LogP contribution is -2.47. The second-order valence-corrected chi connectivity index (χ2v) is 10.2. The molecule has 1 N–H and O–H groups in total. The molecule has 2 aliphatic rings. The number of fused-ring (bicyclic) bond motifs is 1. The number of ether oxygens (including phenoxy) is 1. The number of carbonyl (C=O) groups is 1. The van der Waals surface area contributed by atoms with Crippen molar-refractivity contribution in [3.63, 3.8) is 0 Å². The number of carbonyl (C=O) groups excluding carboxylic acids is 1. The van der Waals surface area contributed by atoms with Crippen molar-refractivity contribution in [2.24, 2.45) is 5.92 Å². The van der Waals surface area contributed by atoms with Gasteiger partial charge in [-0.25, -0.2) is 4.98 Å². The second-order valence-electron chi connectivity index (χ2n) is 9.42. The van der Waals surface area contributed by atoms with Crippen LogP contribution in [0.2, 0.25) is 10.0 Å². The Balaban J connectivity index is 1.22. The van der Waals surface area contributed by atoms with Gasteiger partial charge in [-0.3, -0.25) is 19.1 Å². The van der Waals surface area contributed by atoms with Gasteiger partial charge in [-0.1, -0.05) is 29.3 Å². The first-order chi connectivity index (χ1) is 17.5. The van der Waals surface area contributed by atoms with Gasteiger partial charge in [0.1, 0.15) is 6.54 Å². The Labute approximate surface area is 219 Å². The van der Waals surface area contributed by atoms with Crippen LogP contribution in [0.3, 0.4) is 0 Å². The molecule has 1 aromatic heterocycles. The molecule has 2 aliphatic heterocycles. The molecule has 0 spiro atoms. The van der Waals surface area contributed by atoms with Crippen LogP contribution in [-0.2, 0) is 22.6 Å². The fourth-order valence-corrected chi connectivity index (χ4v) is 5.12. The highest BCUT2D eigenvalue weighted by Crippen LogP contribution is 2.23. The van der Waals surface area contributed by atoms with Gasteiger partial charge in [0.05, 0.1) is 33.9 Å². The predicted octanol–water partition coefficient (Wildman–Crippen LogP) is 3.18. The summed E-state index contributed by atoms with van der Waals surface area (Å²) in [4.78, 5) is 34.9. The van der Waals surface area contributed by atoms with Crippen LogP contribution in [0, 0.1) is 5.92 Å². The van der Waals surface area contributed by atoms with Crippen molar-refractivity contribution in [2.75, 3.05) is 50.8 Å². The summed E-state index contributed by atoms with van der Waals surface area (Å²) in [7, 11) is 0. The highest BCUT2D eigenvalue weighted by atomic mass is 35.5. The Morgan fingerprint density at radius 1 is 1.08 bits per heavy atom. The molecule has 0 saturated carbocycles. The molecule has 5 rings (SSSR count). The molecule has 3 heterocycles. The van der Waals surface area contributed by atoms with Crippen LogP contribution in [0.5, 0.6) is 0 Å². The number of hydrogen-bond acceptors (Lipinski definition) is 6. The molecule has 8 nitrogen and oxygen atoms in total. The molecule has 2 fully saturated rings. The zero-order chi connectivity index (χ0) is 25.1. The third-order valence-corrected chi connectivity index (χ3v) is 7.61. The predicted molar refractivity (Wildman–Crippen MR) is 142 cm³/mol. The summed E-state index contributed by atoms with van der Waals surface area (Å²) in [6, 6.07) is 11.0. The Morgan fingerprint density at radius 2 is 1.92 bits per heavy atom. The number of nitrogens with zero attached hydrogens (tertiary/aromatic N) is 4. The Morgan fingerprint density at radius 3 is 2.67 bits per heavy atom. The molecule has 2 saturated heterocycles. The smallest absolute Gasteiger partial charge is 0.261 e. The number of amides is 1. The summed E-state index contributed by atoms with van der Waals surface area (Å²) in [5, 5.41) is 4.21. The number of piperazine rings is 1. The zero-order valence-electron chi connectivity index (χ0n) is 20.0. The largest absolute Gasteiger partial charge is 0.381 e. The highest BCUT2D eigenvalue weighted by Gasteiger charge is 2.23. The normalized spacial score (nSPS) is 18.6. The molecule has 10 heteroatoms. The number of benzene rings is 2. The molecule has 0 bridgehead atoms. The van der Waals surface area contributed by atoms with Gasteiger partial charge in [0.25, 0.3) is 5.56 Å². The number of anilines is 1. The first-order valence-electron chi connectivity index (χ1n) is 12.2. The number of aromatic nitrogens is 2. The van der Waals surface area contributed by atoms with Crippen molar-refractivity contribution in [3.05, 3.63) is 68.7 Å². The van der Waals surface area contributed by atoms with E-state index in [0.29, 0.717) is 26.9 Å². The maximum atomic E-state index is 13.2. The third-order valence-electron chi connectivity index (χ3n) is 6.87. The summed E-state index contributed by atoms with van der Waals surface area (Å²) in [5.74, 6) is 0.354. The van der Waals surface area contributed by atoms with E-state index in [0.717, 1.165) is 63.6 Å². The van der Waals surface area contributed by atoms with Crippen LogP contribution in [0.25, 0.3) is 10.9 Å².